The minimum absolute atomic E-state index is 0.491. The number of aliphatic hydroxyl groups is 2. The molecule has 0 saturated heterocycles. The predicted molar refractivity (Wildman–Crippen MR) is 84.2 cm³/mol. The quantitative estimate of drug-likeness (QED) is 0.780. The van der Waals surface area contributed by atoms with E-state index in [4.69, 9.17) is 0 Å². The van der Waals surface area contributed by atoms with Crippen LogP contribution in [0.15, 0.2) is 10.3 Å². The van der Waals surface area contributed by atoms with E-state index in [1.807, 2.05) is 0 Å². The molecule has 0 aliphatic rings. The molecule has 22 heavy (non-hydrogen) atoms. The summed E-state index contributed by atoms with van der Waals surface area (Å²) in [4.78, 5) is 0. The molecule has 2 heterocycles. The number of nitrogens with zero attached hydrogens (tertiary/aromatic N) is 6. The second-order valence-electron chi connectivity index (χ2n) is 6.02. The van der Waals surface area contributed by atoms with E-state index in [-0.39, 0.29) is 0 Å². The highest BCUT2D eigenvalue weighted by molar-refractivity contribution is 8.76. The molecule has 122 valence electrons. The van der Waals surface area contributed by atoms with Crippen LogP contribution >= 0.6 is 21.6 Å². The lowest BCUT2D eigenvalue weighted by molar-refractivity contribution is 0.0643. The smallest absolute Gasteiger partial charge is 0.202 e. The van der Waals surface area contributed by atoms with E-state index in [0.717, 1.165) is 0 Å². The van der Waals surface area contributed by atoms with Gasteiger partial charge in [0.15, 0.2) is 11.6 Å². The summed E-state index contributed by atoms with van der Waals surface area (Å²) >= 11 is 0. The fourth-order valence-corrected chi connectivity index (χ4v) is 3.93. The molecule has 2 aromatic rings. The minimum Gasteiger partial charge on any atom is -0.382 e. The third-order valence-electron chi connectivity index (χ3n) is 2.95. The molecule has 2 rings (SSSR count). The third-order valence-corrected chi connectivity index (χ3v) is 5.19. The van der Waals surface area contributed by atoms with Gasteiger partial charge in [-0.05, 0) is 49.3 Å². The Balaban J connectivity index is 2.15. The van der Waals surface area contributed by atoms with E-state index in [9.17, 15) is 10.2 Å². The second-order valence-corrected chi connectivity index (χ2v) is 8.08. The Hall–Kier alpha value is -1.10. The first-order valence-electron chi connectivity index (χ1n) is 6.61. The Kier molecular flexibility index (Phi) is 4.58. The molecular weight excluding hydrogens is 324 g/mol. The summed E-state index contributed by atoms with van der Waals surface area (Å²) in [5.74, 6) is 0.983. The van der Waals surface area contributed by atoms with Gasteiger partial charge in [-0.3, -0.25) is 0 Å². The van der Waals surface area contributed by atoms with Gasteiger partial charge in [-0.25, -0.2) is 0 Å². The molecule has 0 spiro atoms. The van der Waals surface area contributed by atoms with Crippen LogP contribution in [0.1, 0.15) is 39.3 Å². The van der Waals surface area contributed by atoms with E-state index >= 15 is 0 Å². The van der Waals surface area contributed by atoms with Crippen molar-refractivity contribution in [1.29, 1.82) is 0 Å². The van der Waals surface area contributed by atoms with E-state index < -0.39 is 11.2 Å². The molecule has 0 atom stereocenters. The zero-order valence-electron chi connectivity index (χ0n) is 13.4. The number of rotatable bonds is 5. The Morgan fingerprint density at radius 2 is 1.05 bits per heavy atom. The van der Waals surface area contributed by atoms with Gasteiger partial charge in [0.2, 0.25) is 10.3 Å². The molecular formula is C12H20N6O2S2. The highest BCUT2D eigenvalue weighted by Gasteiger charge is 2.26. The van der Waals surface area contributed by atoms with Crippen molar-refractivity contribution in [2.75, 3.05) is 0 Å². The fourth-order valence-electron chi connectivity index (χ4n) is 1.91. The summed E-state index contributed by atoms with van der Waals surface area (Å²) in [6.07, 6.45) is 0. The maximum absolute atomic E-state index is 10.0. The zero-order valence-corrected chi connectivity index (χ0v) is 15.0. The van der Waals surface area contributed by atoms with Crippen molar-refractivity contribution in [3.63, 3.8) is 0 Å². The average Bonchev–Trinajstić information content (AvgIpc) is 2.89. The third kappa shape index (κ3) is 3.45. The van der Waals surface area contributed by atoms with E-state index in [2.05, 4.69) is 20.4 Å². The van der Waals surface area contributed by atoms with Gasteiger partial charge < -0.3 is 19.3 Å². The second kappa shape index (κ2) is 5.84. The van der Waals surface area contributed by atoms with Gasteiger partial charge in [0.05, 0.1) is 0 Å². The molecule has 0 saturated carbocycles. The predicted octanol–water partition coefficient (Wildman–Crippen LogP) is 1.20. The molecule has 0 fully saturated rings. The maximum atomic E-state index is 10.0. The van der Waals surface area contributed by atoms with Crippen LogP contribution in [0, 0.1) is 0 Å². The Labute approximate surface area is 136 Å². The summed E-state index contributed by atoms with van der Waals surface area (Å²) in [5, 5.41) is 37.5. The van der Waals surface area contributed by atoms with Crippen molar-refractivity contribution in [2.24, 2.45) is 14.1 Å². The molecule has 0 aliphatic heterocycles. The monoisotopic (exact) mass is 344 g/mol. The summed E-state index contributed by atoms with van der Waals surface area (Å²) in [7, 11) is 6.33. The fraction of sp³-hybridized carbons (Fsp3) is 0.667. The number of hydrogen-bond acceptors (Lipinski definition) is 8. The highest BCUT2D eigenvalue weighted by Crippen LogP contribution is 2.36. The Bertz CT molecular complexity index is 610. The molecule has 10 heteroatoms. The molecule has 0 radical (unpaired) electrons. The highest BCUT2D eigenvalue weighted by atomic mass is 33.1. The van der Waals surface area contributed by atoms with Gasteiger partial charge in [0.1, 0.15) is 11.2 Å². The van der Waals surface area contributed by atoms with Gasteiger partial charge in [-0.15, -0.1) is 20.4 Å². The van der Waals surface area contributed by atoms with Gasteiger partial charge >= 0.3 is 0 Å². The largest absolute Gasteiger partial charge is 0.382 e. The standard InChI is InChI=1S/C12H20N6O2S2/c1-11(2,19)7-13-15-9(17(7)5)21-22-10-16-14-8(18(10)6)12(3,4)20/h19-20H,1-6H3. The van der Waals surface area contributed by atoms with Crippen LogP contribution in [0.3, 0.4) is 0 Å². The molecule has 0 aliphatic carbocycles. The molecule has 2 aromatic heterocycles. The van der Waals surface area contributed by atoms with Crippen LogP contribution in [0.25, 0.3) is 0 Å². The van der Waals surface area contributed by atoms with Crippen molar-refractivity contribution in [3.8, 4) is 0 Å². The van der Waals surface area contributed by atoms with Crippen LogP contribution < -0.4 is 0 Å². The van der Waals surface area contributed by atoms with Crippen LogP contribution in [-0.4, -0.2) is 39.7 Å². The van der Waals surface area contributed by atoms with Crippen molar-refractivity contribution in [1.82, 2.24) is 29.5 Å². The topological polar surface area (TPSA) is 102 Å². The van der Waals surface area contributed by atoms with Crippen LogP contribution in [-0.2, 0) is 25.3 Å². The molecule has 0 bridgehead atoms. The van der Waals surface area contributed by atoms with Crippen LogP contribution in [0.2, 0.25) is 0 Å². The lowest BCUT2D eigenvalue weighted by atomic mass is 10.1. The summed E-state index contributed by atoms with van der Waals surface area (Å²) in [6, 6.07) is 0. The lowest BCUT2D eigenvalue weighted by Crippen LogP contribution is -2.21. The van der Waals surface area contributed by atoms with Gasteiger partial charge in [-0.1, -0.05) is 0 Å². The van der Waals surface area contributed by atoms with Gasteiger partial charge in [0.25, 0.3) is 0 Å². The van der Waals surface area contributed by atoms with Crippen molar-refractivity contribution >= 4 is 21.6 Å². The van der Waals surface area contributed by atoms with Crippen molar-refractivity contribution < 1.29 is 10.2 Å². The van der Waals surface area contributed by atoms with Gasteiger partial charge in [-0.2, -0.15) is 0 Å². The first-order chi connectivity index (χ1) is 10.0. The molecule has 0 amide bonds. The van der Waals surface area contributed by atoms with Crippen molar-refractivity contribution in [2.45, 2.75) is 49.2 Å². The maximum Gasteiger partial charge on any atom is 0.202 e. The van der Waals surface area contributed by atoms with Crippen LogP contribution in [0.5, 0.6) is 0 Å². The number of aromatic nitrogens is 6. The Morgan fingerprint density at radius 3 is 1.27 bits per heavy atom. The van der Waals surface area contributed by atoms with E-state index in [1.54, 1.807) is 50.9 Å². The normalized spacial score (nSPS) is 12.9. The zero-order chi connectivity index (χ0) is 16.7. The SMILES string of the molecule is Cn1c(SSc2nnc(C(C)(C)O)n2C)nnc1C(C)(C)O. The minimum atomic E-state index is -1.05. The average molecular weight is 344 g/mol. The molecule has 0 aromatic carbocycles. The lowest BCUT2D eigenvalue weighted by Gasteiger charge is -2.16. The van der Waals surface area contributed by atoms with Crippen molar-refractivity contribution in [3.05, 3.63) is 11.6 Å². The van der Waals surface area contributed by atoms with Crippen LogP contribution in [0.4, 0.5) is 0 Å². The van der Waals surface area contributed by atoms with E-state index in [0.29, 0.717) is 22.0 Å². The molecule has 2 N–H and O–H groups in total. The first kappa shape index (κ1) is 17.3. The van der Waals surface area contributed by atoms with E-state index in [1.165, 1.54) is 21.6 Å². The molecule has 0 unspecified atom stereocenters. The molecule has 8 nitrogen and oxygen atoms in total. The summed E-state index contributed by atoms with van der Waals surface area (Å²) in [6.45, 7) is 6.65. The first-order valence-corrected chi connectivity index (χ1v) is 8.76. The Morgan fingerprint density at radius 1 is 0.727 bits per heavy atom. The summed E-state index contributed by atoms with van der Waals surface area (Å²) in [5.41, 5.74) is -2.10. The summed E-state index contributed by atoms with van der Waals surface area (Å²) < 4.78 is 3.48. The van der Waals surface area contributed by atoms with Gasteiger partial charge in [0, 0.05) is 14.1 Å². The number of hydrogen-bond donors (Lipinski definition) is 2.